The fraction of sp³-hybridized carbons (Fsp3) is 0.500. The molecule has 0 atom stereocenters. The molecule has 2 aromatic carbocycles. The standard InChI is InChI=1S/C30H36N2O7/c1-36-22-5-8-25(37-2)23(19-22)29(35)31-13-10-30(11-14-31)12-15-32(20-30)28(34)9-6-24(33)21-4-7-26-27(18-21)39-17-3-16-38-26/h4-5,7-8,18-19H,3,6,9-17,20H2,1-2H3. The van der Waals surface area contributed by atoms with E-state index in [9.17, 15) is 14.4 Å². The summed E-state index contributed by atoms with van der Waals surface area (Å²) in [6.45, 7) is 3.77. The van der Waals surface area contributed by atoms with Crippen LogP contribution in [0.25, 0.3) is 0 Å². The van der Waals surface area contributed by atoms with Crippen molar-refractivity contribution in [3.05, 3.63) is 47.5 Å². The molecule has 3 aliphatic rings. The molecule has 2 amide bonds. The van der Waals surface area contributed by atoms with Gasteiger partial charge in [0.25, 0.3) is 5.91 Å². The lowest BCUT2D eigenvalue weighted by Crippen LogP contribution is -2.44. The SMILES string of the molecule is COc1ccc(OC)c(C(=O)N2CCC3(CCN(C(=O)CCC(=O)c4ccc5c(c4)OCCCO5)C3)CC2)c1. The third-order valence-corrected chi connectivity index (χ3v) is 8.17. The molecule has 39 heavy (non-hydrogen) atoms. The second-order valence-electron chi connectivity index (χ2n) is 10.6. The monoisotopic (exact) mass is 536 g/mol. The number of piperidine rings is 1. The van der Waals surface area contributed by atoms with Crippen LogP contribution in [0.5, 0.6) is 23.0 Å². The molecule has 0 N–H and O–H groups in total. The number of benzene rings is 2. The maximum Gasteiger partial charge on any atom is 0.257 e. The Hall–Kier alpha value is -3.75. The third-order valence-electron chi connectivity index (χ3n) is 8.17. The molecule has 0 saturated carbocycles. The Balaban J connectivity index is 1.13. The van der Waals surface area contributed by atoms with Gasteiger partial charge in [0.2, 0.25) is 5.91 Å². The minimum absolute atomic E-state index is 0.00851. The number of likely N-dealkylation sites (tertiary alicyclic amines) is 2. The zero-order valence-electron chi connectivity index (χ0n) is 22.7. The lowest BCUT2D eigenvalue weighted by Gasteiger charge is -2.39. The Morgan fingerprint density at radius 1 is 0.846 bits per heavy atom. The van der Waals surface area contributed by atoms with Gasteiger partial charge < -0.3 is 28.7 Å². The molecule has 2 fully saturated rings. The van der Waals surface area contributed by atoms with E-state index in [0.29, 0.717) is 73.5 Å². The van der Waals surface area contributed by atoms with Gasteiger partial charge in [-0.25, -0.2) is 0 Å². The first-order valence-electron chi connectivity index (χ1n) is 13.6. The first-order chi connectivity index (χ1) is 18.9. The molecule has 9 nitrogen and oxygen atoms in total. The minimum atomic E-state index is -0.0762. The van der Waals surface area contributed by atoms with Gasteiger partial charge in [-0.3, -0.25) is 14.4 Å². The number of fused-ring (bicyclic) bond motifs is 1. The number of nitrogens with zero attached hydrogens (tertiary/aromatic N) is 2. The van der Waals surface area contributed by atoms with Crippen LogP contribution in [0.3, 0.4) is 0 Å². The van der Waals surface area contributed by atoms with Crippen molar-refractivity contribution in [2.24, 2.45) is 5.41 Å². The maximum atomic E-state index is 13.3. The molecular formula is C30H36N2O7. The van der Waals surface area contributed by atoms with E-state index in [0.717, 1.165) is 25.7 Å². The highest BCUT2D eigenvalue weighted by molar-refractivity contribution is 5.99. The van der Waals surface area contributed by atoms with Gasteiger partial charge in [0.05, 0.1) is 33.0 Å². The van der Waals surface area contributed by atoms with Gasteiger partial charge in [-0.2, -0.15) is 0 Å². The van der Waals surface area contributed by atoms with E-state index in [2.05, 4.69) is 0 Å². The average molecular weight is 537 g/mol. The van der Waals surface area contributed by atoms with Gasteiger partial charge in [-0.1, -0.05) is 0 Å². The normalized spacial score (nSPS) is 18.0. The largest absolute Gasteiger partial charge is 0.497 e. The Labute approximate surface area is 228 Å². The van der Waals surface area contributed by atoms with Gasteiger partial charge >= 0.3 is 0 Å². The molecule has 0 unspecified atom stereocenters. The molecular weight excluding hydrogens is 500 g/mol. The summed E-state index contributed by atoms with van der Waals surface area (Å²) in [6, 6.07) is 10.5. The van der Waals surface area contributed by atoms with Gasteiger partial charge in [0.1, 0.15) is 11.5 Å². The third kappa shape index (κ3) is 5.82. The smallest absolute Gasteiger partial charge is 0.257 e. The summed E-state index contributed by atoms with van der Waals surface area (Å²) in [4.78, 5) is 42.8. The number of hydrogen-bond acceptors (Lipinski definition) is 7. The van der Waals surface area contributed by atoms with E-state index < -0.39 is 0 Å². The number of carbonyl (C=O) groups excluding carboxylic acids is 3. The number of ketones is 1. The van der Waals surface area contributed by atoms with E-state index in [1.54, 1.807) is 50.6 Å². The fourth-order valence-corrected chi connectivity index (χ4v) is 5.75. The lowest BCUT2D eigenvalue weighted by molar-refractivity contribution is -0.130. The second-order valence-corrected chi connectivity index (χ2v) is 10.6. The van der Waals surface area contributed by atoms with Crippen LogP contribution in [0.1, 0.15) is 59.2 Å². The fourth-order valence-electron chi connectivity index (χ4n) is 5.75. The predicted octanol–water partition coefficient (Wildman–Crippen LogP) is 3.98. The predicted molar refractivity (Wildman–Crippen MR) is 144 cm³/mol. The summed E-state index contributed by atoms with van der Waals surface area (Å²) in [5.41, 5.74) is 1.05. The van der Waals surface area contributed by atoms with Gasteiger partial charge in [-0.15, -0.1) is 0 Å². The summed E-state index contributed by atoms with van der Waals surface area (Å²) in [5, 5.41) is 0. The molecule has 0 bridgehead atoms. The molecule has 2 aromatic rings. The van der Waals surface area contributed by atoms with Gasteiger partial charge in [-0.05, 0) is 61.1 Å². The van der Waals surface area contributed by atoms with Crippen LogP contribution in [0, 0.1) is 5.41 Å². The lowest BCUT2D eigenvalue weighted by atomic mass is 9.77. The number of rotatable bonds is 7. The van der Waals surface area contributed by atoms with Crippen molar-refractivity contribution < 1.29 is 33.3 Å². The van der Waals surface area contributed by atoms with Crippen molar-refractivity contribution in [3.63, 3.8) is 0 Å². The molecule has 0 radical (unpaired) electrons. The van der Waals surface area contributed by atoms with Crippen LogP contribution in [0.4, 0.5) is 0 Å². The van der Waals surface area contributed by atoms with E-state index in [1.807, 2.05) is 9.80 Å². The van der Waals surface area contributed by atoms with E-state index in [1.165, 1.54) is 0 Å². The van der Waals surface area contributed by atoms with E-state index >= 15 is 0 Å². The van der Waals surface area contributed by atoms with E-state index in [4.69, 9.17) is 18.9 Å². The molecule has 0 aromatic heterocycles. The zero-order valence-corrected chi connectivity index (χ0v) is 22.7. The maximum absolute atomic E-state index is 13.3. The highest BCUT2D eigenvalue weighted by Crippen LogP contribution is 2.41. The Bertz CT molecular complexity index is 1240. The van der Waals surface area contributed by atoms with Crippen LogP contribution in [0.15, 0.2) is 36.4 Å². The Kier molecular flexibility index (Phi) is 7.95. The topological polar surface area (TPSA) is 94.6 Å². The molecule has 5 rings (SSSR count). The molecule has 0 aliphatic carbocycles. The Morgan fingerprint density at radius 2 is 1.56 bits per heavy atom. The zero-order chi connectivity index (χ0) is 27.4. The summed E-state index contributed by atoms with van der Waals surface area (Å²) in [6.07, 6.45) is 3.74. The van der Waals surface area contributed by atoms with Crippen LogP contribution >= 0.6 is 0 Å². The van der Waals surface area contributed by atoms with Crippen LogP contribution < -0.4 is 18.9 Å². The molecule has 208 valence electrons. The number of carbonyl (C=O) groups is 3. The number of ether oxygens (including phenoxy) is 4. The van der Waals surface area contributed by atoms with Crippen molar-refractivity contribution in [2.45, 2.75) is 38.5 Å². The van der Waals surface area contributed by atoms with E-state index in [-0.39, 0.29) is 35.9 Å². The number of methoxy groups -OCH3 is 2. The minimum Gasteiger partial charge on any atom is -0.497 e. The Morgan fingerprint density at radius 3 is 2.28 bits per heavy atom. The number of hydrogen-bond donors (Lipinski definition) is 0. The molecule has 2 saturated heterocycles. The molecule has 3 heterocycles. The van der Waals surface area contributed by atoms with Gasteiger partial charge in [0.15, 0.2) is 17.3 Å². The van der Waals surface area contributed by atoms with Crippen LogP contribution in [0.2, 0.25) is 0 Å². The molecule has 3 aliphatic heterocycles. The average Bonchev–Trinajstić information content (AvgIpc) is 3.23. The van der Waals surface area contributed by atoms with Crippen molar-refractivity contribution in [1.29, 1.82) is 0 Å². The number of amides is 2. The van der Waals surface area contributed by atoms with Crippen molar-refractivity contribution in [1.82, 2.24) is 9.80 Å². The van der Waals surface area contributed by atoms with Crippen molar-refractivity contribution in [2.75, 3.05) is 53.6 Å². The van der Waals surface area contributed by atoms with Crippen molar-refractivity contribution >= 4 is 17.6 Å². The second kappa shape index (κ2) is 11.6. The molecule has 1 spiro atoms. The van der Waals surface area contributed by atoms with Crippen LogP contribution in [-0.4, -0.2) is 81.0 Å². The number of Topliss-reactive ketones (excluding diaryl/α,β-unsaturated/α-hetero) is 1. The quantitative estimate of drug-likeness (QED) is 0.494. The van der Waals surface area contributed by atoms with Crippen LogP contribution in [-0.2, 0) is 4.79 Å². The first kappa shape index (κ1) is 26.8. The highest BCUT2D eigenvalue weighted by Gasteiger charge is 2.43. The summed E-state index contributed by atoms with van der Waals surface area (Å²) in [7, 11) is 3.13. The summed E-state index contributed by atoms with van der Waals surface area (Å²) >= 11 is 0. The van der Waals surface area contributed by atoms with Crippen molar-refractivity contribution in [3.8, 4) is 23.0 Å². The van der Waals surface area contributed by atoms with Gasteiger partial charge in [0, 0.05) is 51.0 Å². The highest BCUT2D eigenvalue weighted by atomic mass is 16.5. The first-order valence-corrected chi connectivity index (χ1v) is 13.6. The molecule has 9 heteroatoms. The summed E-state index contributed by atoms with van der Waals surface area (Å²) in [5.74, 6) is 2.24. The summed E-state index contributed by atoms with van der Waals surface area (Å²) < 4.78 is 22.0.